The summed E-state index contributed by atoms with van der Waals surface area (Å²) in [5.74, 6) is 0.00933. The Kier molecular flexibility index (Phi) is 2.28. The molecule has 0 saturated heterocycles. The summed E-state index contributed by atoms with van der Waals surface area (Å²) < 4.78 is 23.4. The molecule has 0 saturated carbocycles. The highest BCUT2D eigenvalue weighted by molar-refractivity contribution is 7.95. The molecule has 2 rings (SSSR count). The zero-order valence-electron chi connectivity index (χ0n) is 8.19. The molecule has 0 spiro atoms. The van der Waals surface area contributed by atoms with E-state index in [0.717, 1.165) is 0 Å². The van der Waals surface area contributed by atoms with Crippen LogP contribution in [-0.4, -0.2) is 27.1 Å². The lowest BCUT2D eigenvalue weighted by Crippen LogP contribution is -2.08. The smallest absolute Gasteiger partial charge is 0.200 e. The third-order valence-corrected chi connectivity index (χ3v) is 3.84. The molecule has 4 nitrogen and oxygen atoms in total. The lowest BCUT2D eigenvalue weighted by Gasteiger charge is -2.05. The molecule has 0 aromatic heterocycles. The number of phenolic OH excluding ortho intramolecular Hbond substituents is 1. The van der Waals surface area contributed by atoms with Crippen molar-refractivity contribution >= 4 is 15.4 Å². The fraction of sp³-hybridized carbons (Fsp3) is 0.200. The molecule has 1 heterocycles. The number of aromatic hydroxyl groups is 1. The summed E-state index contributed by atoms with van der Waals surface area (Å²) in [4.78, 5) is 0.188. The molecule has 1 aliphatic heterocycles. The quantitative estimate of drug-likeness (QED) is 0.779. The van der Waals surface area contributed by atoms with Gasteiger partial charge in [-0.15, -0.1) is 0 Å². The van der Waals surface area contributed by atoms with Gasteiger partial charge >= 0.3 is 0 Å². The van der Waals surface area contributed by atoms with Crippen molar-refractivity contribution in [3.8, 4) is 5.75 Å². The first-order valence-electron chi connectivity index (χ1n) is 4.49. The van der Waals surface area contributed by atoms with Gasteiger partial charge in [0.1, 0.15) is 5.75 Å². The van der Waals surface area contributed by atoms with Gasteiger partial charge in [-0.25, -0.2) is 8.42 Å². The lowest BCUT2D eigenvalue weighted by atomic mass is 10.1. The van der Waals surface area contributed by atoms with Crippen molar-refractivity contribution in [2.24, 2.45) is 0 Å². The van der Waals surface area contributed by atoms with E-state index >= 15 is 0 Å². The van der Waals surface area contributed by atoms with Crippen LogP contribution in [-0.2, 0) is 9.84 Å². The first-order valence-corrected chi connectivity index (χ1v) is 6.03. The lowest BCUT2D eigenvalue weighted by molar-refractivity contribution is 0.471. The largest absolute Gasteiger partial charge is 0.507 e. The van der Waals surface area contributed by atoms with Gasteiger partial charge in [-0.3, -0.25) is 0 Å². The van der Waals surface area contributed by atoms with Gasteiger partial charge in [0.25, 0.3) is 0 Å². The molecule has 0 fully saturated rings. The standard InChI is InChI=1S/C10H11NO3S/c1-11-5-7-6-15(13,14)9-4-2-3-8(12)10(7)9/h2-4,6,11-12H,5H2,1H3. The molecular weight excluding hydrogens is 214 g/mol. The zero-order chi connectivity index (χ0) is 11.1. The van der Waals surface area contributed by atoms with Crippen molar-refractivity contribution in [1.82, 2.24) is 5.32 Å². The number of fused-ring (bicyclic) bond motifs is 1. The van der Waals surface area contributed by atoms with E-state index < -0.39 is 9.84 Å². The maximum atomic E-state index is 11.7. The Labute approximate surface area is 88.2 Å². The van der Waals surface area contributed by atoms with Crippen LogP contribution in [0.15, 0.2) is 28.5 Å². The average Bonchev–Trinajstić information content (AvgIpc) is 2.41. The van der Waals surface area contributed by atoms with E-state index in [1.165, 1.54) is 23.6 Å². The van der Waals surface area contributed by atoms with Gasteiger partial charge in [0, 0.05) is 17.5 Å². The monoisotopic (exact) mass is 225 g/mol. The summed E-state index contributed by atoms with van der Waals surface area (Å²) in [5.41, 5.74) is 1.03. The zero-order valence-corrected chi connectivity index (χ0v) is 9.00. The van der Waals surface area contributed by atoms with Gasteiger partial charge in [0.05, 0.1) is 4.90 Å². The van der Waals surface area contributed by atoms with Crippen LogP contribution in [0.2, 0.25) is 0 Å². The molecule has 2 N–H and O–H groups in total. The predicted molar refractivity (Wildman–Crippen MR) is 57.2 cm³/mol. The van der Waals surface area contributed by atoms with Crippen LogP contribution in [0.25, 0.3) is 5.57 Å². The van der Waals surface area contributed by atoms with Crippen molar-refractivity contribution < 1.29 is 13.5 Å². The average molecular weight is 225 g/mol. The second kappa shape index (κ2) is 3.36. The number of phenols is 1. The van der Waals surface area contributed by atoms with Crippen LogP contribution in [0.5, 0.6) is 5.75 Å². The van der Waals surface area contributed by atoms with Gasteiger partial charge in [-0.2, -0.15) is 0 Å². The highest BCUT2D eigenvalue weighted by Crippen LogP contribution is 2.38. The first-order chi connectivity index (χ1) is 7.06. The fourth-order valence-corrected chi connectivity index (χ4v) is 3.20. The molecule has 0 radical (unpaired) electrons. The summed E-state index contributed by atoms with van der Waals surface area (Å²) in [5, 5.41) is 13.7. The van der Waals surface area contributed by atoms with Crippen LogP contribution < -0.4 is 5.32 Å². The second-order valence-electron chi connectivity index (χ2n) is 3.37. The molecular formula is C10H11NO3S. The van der Waals surface area contributed by atoms with Gasteiger partial charge in [-0.05, 0) is 24.8 Å². The molecule has 80 valence electrons. The number of rotatable bonds is 2. The fourth-order valence-electron chi connectivity index (χ4n) is 1.71. The number of sulfone groups is 1. The highest BCUT2D eigenvalue weighted by atomic mass is 32.2. The molecule has 0 aliphatic carbocycles. The Morgan fingerprint density at radius 1 is 1.40 bits per heavy atom. The Morgan fingerprint density at radius 2 is 2.13 bits per heavy atom. The summed E-state index contributed by atoms with van der Waals surface area (Å²) in [6.45, 7) is 0.420. The second-order valence-corrected chi connectivity index (χ2v) is 5.13. The van der Waals surface area contributed by atoms with Crippen LogP contribution >= 0.6 is 0 Å². The van der Waals surface area contributed by atoms with E-state index in [1.807, 2.05) is 0 Å². The van der Waals surface area contributed by atoms with Crippen molar-refractivity contribution in [1.29, 1.82) is 0 Å². The molecule has 0 bridgehead atoms. The SMILES string of the molecule is CNCC1=CS(=O)(=O)c2cccc(O)c21. The van der Waals surface area contributed by atoms with Gasteiger partial charge in [0.15, 0.2) is 0 Å². The summed E-state index contributed by atoms with van der Waals surface area (Å²) in [7, 11) is -1.63. The van der Waals surface area contributed by atoms with E-state index in [9.17, 15) is 13.5 Å². The Bertz CT molecular complexity index is 532. The van der Waals surface area contributed by atoms with Gasteiger partial charge in [-0.1, -0.05) is 6.07 Å². The van der Waals surface area contributed by atoms with Gasteiger partial charge in [0.2, 0.25) is 9.84 Å². The maximum absolute atomic E-state index is 11.7. The molecule has 1 aromatic rings. The summed E-state index contributed by atoms with van der Waals surface area (Å²) >= 11 is 0. The third kappa shape index (κ3) is 1.53. The van der Waals surface area contributed by atoms with E-state index in [4.69, 9.17) is 0 Å². The van der Waals surface area contributed by atoms with Gasteiger partial charge < -0.3 is 10.4 Å². The van der Waals surface area contributed by atoms with E-state index in [-0.39, 0.29) is 10.6 Å². The summed E-state index contributed by atoms with van der Waals surface area (Å²) in [6, 6.07) is 4.52. The van der Waals surface area contributed by atoms with Crippen LogP contribution in [0, 0.1) is 0 Å². The third-order valence-electron chi connectivity index (χ3n) is 2.30. The van der Waals surface area contributed by atoms with E-state index in [1.54, 1.807) is 7.05 Å². The van der Waals surface area contributed by atoms with Crippen LogP contribution in [0.1, 0.15) is 5.56 Å². The minimum absolute atomic E-state index is 0.00933. The maximum Gasteiger partial charge on any atom is 0.200 e. The Morgan fingerprint density at radius 3 is 2.80 bits per heavy atom. The molecule has 0 unspecified atom stereocenters. The van der Waals surface area contributed by atoms with E-state index in [2.05, 4.69) is 5.32 Å². The molecule has 0 atom stereocenters. The number of benzene rings is 1. The van der Waals surface area contributed by atoms with Crippen molar-refractivity contribution in [3.05, 3.63) is 29.2 Å². The predicted octanol–water partition coefficient (Wildman–Crippen LogP) is 0.740. The molecule has 15 heavy (non-hydrogen) atoms. The number of nitrogens with one attached hydrogen (secondary N) is 1. The minimum Gasteiger partial charge on any atom is -0.507 e. The Hall–Kier alpha value is -1.33. The normalized spacial score (nSPS) is 17.3. The molecule has 0 amide bonds. The molecule has 1 aliphatic rings. The van der Waals surface area contributed by atoms with Crippen LogP contribution in [0.4, 0.5) is 0 Å². The summed E-state index contributed by atoms with van der Waals surface area (Å²) in [6.07, 6.45) is 0. The number of hydrogen-bond donors (Lipinski definition) is 2. The topological polar surface area (TPSA) is 66.4 Å². The first kappa shape index (κ1) is 10.2. The number of likely N-dealkylation sites (N-methyl/N-ethyl adjacent to an activating group) is 1. The minimum atomic E-state index is -3.36. The molecule has 1 aromatic carbocycles. The van der Waals surface area contributed by atoms with Crippen LogP contribution in [0.3, 0.4) is 0 Å². The van der Waals surface area contributed by atoms with Crippen molar-refractivity contribution in [2.75, 3.05) is 13.6 Å². The number of hydrogen-bond acceptors (Lipinski definition) is 4. The van der Waals surface area contributed by atoms with Crippen molar-refractivity contribution in [2.45, 2.75) is 4.90 Å². The Balaban J connectivity index is 2.69. The molecule has 5 heteroatoms. The van der Waals surface area contributed by atoms with Crippen molar-refractivity contribution in [3.63, 3.8) is 0 Å². The van der Waals surface area contributed by atoms with E-state index in [0.29, 0.717) is 17.7 Å². The highest BCUT2D eigenvalue weighted by Gasteiger charge is 2.28.